The topological polar surface area (TPSA) is 93.1 Å². The normalized spacial score (nSPS) is 25.8. The van der Waals surface area contributed by atoms with E-state index in [4.69, 9.17) is 9.47 Å². The zero-order chi connectivity index (χ0) is 19.5. The quantitative estimate of drug-likeness (QED) is 0.806. The number of hydrogen-bond donors (Lipinski definition) is 1. The highest BCUT2D eigenvalue weighted by molar-refractivity contribution is 7.94. The van der Waals surface area contributed by atoms with Crippen LogP contribution in [0.25, 0.3) is 0 Å². The summed E-state index contributed by atoms with van der Waals surface area (Å²) in [6, 6.07) is -0.702. The molecular weight excluding hydrogens is 346 g/mol. The van der Waals surface area contributed by atoms with Crippen LogP contribution in [-0.4, -0.2) is 64.6 Å². The molecule has 7 nitrogen and oxygen atoms in total. The second-order valence-corrected chi connectivity index (χ2v) is 12.0. The molecule has 0 spiro atoms. The highest BCUT2D eigenvalue weighted by Crippen LogP contribution is 2.50. The van der Waals surface area contributed by atoms with Crippen molar-refractivity contribution in [2.75, 3.05) is 13.2 Å². The molecule has 0 aromatic carbocycles. The third-order valence-electron chi connectivity index (χ3n) is 5.24. The molecule has 2 rings (SSSR count). The number of aliphatic hydroxyl groups is 1. The Balaban J connectivity index is 2.40. The fourth-order valence-electron chi connectivity index (χ4n) is 3.36. The SMILES string of the molecule is CC(C)(C)OC(=O)N1C(C(C)(C)S(=O)(=O)C2(CO)CC2)COC1(C)C. The second kappa shape index (κ2) is 5.82. The summed E-state index contributed by atoms with van der Waals surface area (Å²) in [5.74, 6) is 0. The molecule has 0 radical (unpaired) electrons. The van der Waals surface area contributed by atoms with E-state index in [1.54, 1.807) is 48.5 Å². The Morgan fingerprint density at radius 3 is 2.16 bits per heavy atom. The molecule has 2 aliphatic rings. The van der Waals surface area contributed by atoms with Gasteiger partial charge in [-0.25, -0.2) is 13.2 Å². The van der Waals surface area contributed by atoms with Gasteiger partial charge in [0, 0.05) is 0 Å². The Hall–Kier alpha value is -0.860. The van der Waals surface area contributed by atoms with Gasteiger partial charge in [-0.15, -0.1) is 0 Å². The van der Waals surface area contributed by atoms with Crippen LogP contribution in [0.15, 0.2) is 0 Å². The van der Waals surface area contributed by atoms with Crippen molar-refractivity contribution < 1.29 is 27.8 Å². The number of rotatable bonds is 4. The average Bonchev–Trinajstić information content (AvgIpc) is 3.15. The second-order valence-electron chi connectivity index (χ2n) is 9.07. The van der Waals surface area contributed by atoms with Gasteiger partial charge in [0.2, 0.25) is 0 Å². The Morgan fingerprint density at radius 2 is 1.76 bits per heavy atom. The number of aliphatic hydroxyl groups excluding tert-OH is 1. The predicted octanol–water partition coefficient (Wildman–Crippen LogP) is 2.08. The number of hydrogen-bond acceptors (Lipinski definition) is 6. The Morgan fingerprint density at radius 1 is 1.24 bits per heavy atom. The van der Waals surface area contributed by atoms with Crippen LogP contribution < -0.4 is 0 Å². The number of sulfone groups is 1. The van der Waals surface area contributed by atoms with Crippen molar-refractivity contribution in [3.05, 3.63) is 0 Å². The summed E-state index contributed by atoms with van der Waals surface area (Å²) in [5, 5.41) is 9.61. The van der Waals surface area contributed by atoms with Gasteiger partial charge in [-0.2, -0.15) is 0 Å². The predicted molar refractivity (Wildman–Crippen MR) is 93.9 cm³/mol. The molecule has 0 aromatic rings. The van der Waals surface area contributed by atoms with E-state index in [-0.39, 0.29) is 6.61 Å². The smallest absolute Gasteiger partial charge is 0.412 e. The molecule has 1 amide bonds. The van der Waals surface area contributed by atoms with Crippen molar-refractivity contribution in [2.45, 2.75) is 88.2 Å². The maximum absolute atomic E-state index is 13.2. The van der Waals surface area contributed by atoms with Crippen molar-refractivity contribution in [3.8, 4) is 0 Å². The maximum atomic E-state index is 13.2. The maximum Gasteiger partial charge on any atom is 0.412 e. The molecule has 1 N–H and O–H groups in total. The van der Waals surface area contributed by atoms with E-state index >= 15 is 0 Å². The molecule has 25 heavy (non-hydrogen) atoms. The first-order valence-corrected chi connectivity index (χ1v) is 10.1. The molecule has 1 saturated carbocycles. The Labute approximate surface area is 150 Å². The molecule has 8 heteroatoms. The van der Waals surface area contributed by atoms with E-state index in [1.807, 2.05) is 0 Å². The number of amides is 1. The molecule has 1 heterocycles. The van der Waals surface area contributed by atoms with Gasteiger partial charge in [0.05, 0.1) is 28.7 Å². The third-order valence-corrected chi connectivity index (χ3v) is 8.57. The van der Waals surface area contributed by atoms with Gasteiger partial charge in [-0.3, -0.25) is 4.90 Å². The highest BCUT2D eigenvalue weighted by Gasteiger charge is 2.64. The molecule has 1 saturated heterocycles. The summed E-state index contributed by atoms with van der Waals surface area (Å²) in [6.45, 7) is 11.6. The summed E-state index contributed by atoms with van der Waals surface area (Å²) in [4.78, 5) is 14.2. The number of carbonyl (C=O) groups excluding carboxylic acids is 1. The van der Waals surface area contributed by atoms with E-state index in [2.05, 4.69) is 0 Å². The van der Waals surface area contributed by atoms with Gasteiger partial charge in [0.1, 0.15) is 11.3 Å². The third kappa shape index (κ3) is 3.28. The van der Waals surface area contributed by atoms with E-state index in [1.165, 1.54) is 4.90 Å². The summed E-state index contributed by atoms with van der Waals surface area (Å²) in [6.07, 6.45) is 0.286. The zero-order valence-corrected chi connectivity index (χ0v) is 17.1. The van der Waals surface area contributed by atoms with Crippen LogP contribution in [0.5, 0.6) is 0 Å². The molecule has 0 bridgehead atoms. The average molecular weight is 378 g/mol. The van der Waals surface area contributed by atoms with E-state index in [9.17, 15) is 18.3 Å². The minimum absolute atomic E-state index is 0.0972. The largest absolute Gasteiger partial charge is 0.444 e. The first-order valence-electron chi connectivity index (χ1n) is 8.63. The lowest BCUT2D eigenvalue weighted by molar-refractivity contribution is -0.0634. The van der Waals surface area contributed by atoms with Crippen LogP contribution in [-0.2, 0) is 19.3 Å². The molecule has 2 fully saturated rings. The summed E-state index contributed by atoms with van der Waals surface area (Å²) < 4.78 is 35.3. The lowest BCUT2D eigenvalue weighted by Crippen LogP contribution is -2.60. The van der Waals surface area contributed by atoms with E-state index in [0.717, 1.165) is 0 Å². The molecule has 146 valence electrons. The first-order chi connectivity index (χ1) is 11.1. The number of nitrogens with zero attached hydrogens (tertiary/aromatic N) is 1. The zero-order valence-electron chi connectivity index (χ0n) is 16.2. The summed E-state index contributed by atoms with van der Waals surface area (Å²) in [7, 11) is -3.70. The van der Waals surface area contributed by atoms with Gasteiger partial charge in [0.25, 0.3) is 0 Å². The molecule has 1 aliphatic heterocycles. The fraction of sp³-hybridized carbons (Fsp3) is 0.941. The van der Waals surface area contributed by atoms with Crippen molar-refractivity contribution in [1.29, 1.82) is 0 Å². The number of ether oxygens (including phenoxy) is 2. The van der Waals surface area contributed by atoms with Crippen LogP contribution in [0.1, 0.15) is 61.3 Å². The lowest BCUT2D eigenvalue weighted by atomic mass is 10.0. The van der Waals surface area contributed by atoms with Crippen LogP contribution in [0, 0.1) is 0 Å². The molecular formula is C17H31NO6S. The van der Waals surface area contributed by atoms with Crippen LogP contribution in [0.4, 0.5) is 4.79 Å². The molecule has 1 atom stereocenters. The van der Waals surface area contributed by atoms with E-state index in [0.29, 0.717) is 12.8 Å². The summed E-state index contributed by atoms with van der Waals surface area (Å²) in [5.41, 5.74) is -1.68. The fourth-order valence-corrected chi connectivity index (χ4v) is 5.82. The standard InChI is InChI=1S/C17H31NO6S/c1-14(2,3)24-13(20)18-12(10-23-16(18,6)7)15(4,5)25(21,22)17(11-19)8-9-17/h12,19H,8-11H2,1-7H3. The van der Waals surface area contributed by atoms with Gasteiger partial charge < -0.3 is 14.6 Å². The Kier molecular flexibility index (Phi) is 4.76. The van der Waals surface area contributed by atoms with Crippen molar-refractivity contribution in [1.82, 2.24) is 4.90 Å². The van der Waals surface area contributed by atoms with Gasteiger partial charge >= 0.3 is 6.09 Å². The van der Waals surface area contributed by atoms with Crippen molar-refractivity contribution in [2.24, 2.45) is 0 Å². The monoisotopic (exact) mass is 377 g/mol. The van der Waals surface area contributed by atoms with Crippen molar-refractivity contribution in [3.63, 3.8) is 0 Å². The Bertz CT molecular complexity index is 643. The van der Waals surface area contributed by atoms with Crippen LogP contribution in [0.2, 0.25) is 0 Å². The minimum atomic E-state index is -3.70. The van der Waals surface area contributed by atoms with Crippen LogP contribution >= 0.6 is 0 Å². The highest BCUT2D eigenvalue weighted by atomic mass is 32.2. The molecule has 1 unspecified atom stereocenters. The lowest BCUT2D eigenvalue weighted by Gasteiger charge is -2.41. The minimum Gasteiger partial charge on any atom is -0.444 e. The van der Waals surface area contributed by atoms with Gasteiger partial charge in [-0.1, -0.05) is 0 Å². The van der Waals surface area contributed by atoms with Crippen molar-refractivity contribution >= 4 is 15.9 Å². The molecule has 1 aliphatic carbocycles. The molecule has 0 aromatic heterocycles. The van der Waals surface area contributed by atoms with E-state index < -0.39 is 49.4 Å². The van der Waals surface area contributed by atoms with Crippen LogP contribution in [0.3, 0.4) is 0 Å². The van der Waals surface area contributed by atoms with Gasteiger partial charge in [-0.05, 0) is 61.3 Å². The summed E-state index contributed by atoms with van der Waals surface area (Å²) >= 11 is 0. The number of carbonyl (C=O) groups is 1. The first kappa shape index (κ1) is 20.5. The van der Waals surface area contributed by atoms with Gasteiger partial charge in [0.15, 0.2) is 9.84 Å².